The number of rotatable bonds is 10. The zero-order valence-electron chi connectivity index (χ0n) is 18.9. The Morgan fingerprint density at radius 2 is 2.12 bits per heavy atom. The number of thioether (sulfide) groups is 1. The second-order valence-electron chi connectivity index (χ2n) is 8.76. The van der Waals surface area contributed by atoms with Crippen molar-refractivity contribution in [1.29, 1.82) is 0 Å². The van der Waals surface area contributed by atoms with Crippen molar-refractivity contribution in [3.05, 3.63) is 51.8 Å². The molecule has 0 radical (unpaired) electrons. The second kappa shape index (κ2) is 11.4. The van der Waals surface area contributed by atoms with Gasteiger partial charge < -0.3 is 19.8 Å². The number of aromatic nitrogens is 1. The van der Waals surface area contributed by atoms with Gasteiger partial charge in [0.2, 0.25) is 0 Å². The number of hydrogen-bond donors (Lipinski definition) is 2. The average Bonchev–Trinajstić information content (AvgIpc) is 3.36. The van der Waals surface area contributed by atoms with Crippen molar-refractivity contribution in [2.24, 2.45) is 5.41 Å². The van der Waals surface area contributed by atoms with Crippen LogP contribution in [0.5, 0.6) is 5.75 Å². The van der Waals surface area contributed by atoms with Crippen LogP contribution in [0.1, 0.15) is 37.4 Å². The molecule has 5 nitrogen and oxygen atoms in total. The van der Waals surface area contributed by atoms with Crippen LogP contribution in [-0.4, -0.2) is 59.2 Å². The highest BCUT2D eigenvalue weighted by Crippen LogP contribution is 2.40. The van der Waals surface area contributed by atoms with Crippen LogP contribution in [0.25, 0.3) is 10.9 Å². The number of likely N-dealkylation sites (tertiary alicyclic amines) is 1. The van der Waals surface area contributed by atoms with Gasteiger partial charge in [-0.15, -0.1) is 11.8 Å². The summed E-state index contributed by atoms with van der Waals surface area (Å²) in [4.78, 5) is 8.22. The van der Waals surface area contributed by atoms with Crippen molar-refractivity contribution in [2.75, 3.05) is 39.1 Å². The van der Waals surface area contributed by atoms with Crippen LogP contribution < -0.4 is 4.74 Å². The summed E-state index contributed by atoms with van der Waals surface area (Å²) in [5.41, 5.74) is 1.32. The van der Waals surface area contributed by atoms with E-state index in [0.717, 1.165) is 55.6 Å². The van der Waals surface area contributed by atoms with Crippen molar-refractivity contribution in [1.82, 2.24) is 9.88 Å². The SMILES string of the molecule is COc1ccc2ncc(Cl)c([C@@H](O)CCC3(CO)CCN(CCSc4ccsc4)CC3)c2c1. The number of piperidine rings is 1. The fraction of sp³-hybridized carbons (Fsp3) is 0.480. The van der Waals surface area contributed by atoms with Crippen molar-refractivity contribution < 1.29 is 14.9 Å². The fourth-order valence-corrected chi connectivity index (χ4v) is 6.65. The van der Waals surface area contributed by atoms with Gasteiger partial charge in [-0.3, -0.25) is 4.98 Å². The smallest absolute Gasteiger partial charge is 0.119 e. The van der Waals surface area contributed by atoms with E-state index in [2.05, 4.69) is 26.7 Å². The molecule has 1 fully saturated rings. The second-order valence-corrected chi connectivity index (χ2v) is 11.1. The fourth-order valence-electron chi connectivity index (χ4n) is 4.59. The molecule has 178 valence electrons. The number of nitrogens with zero attached hydrogens (tertiary/aromatic N) is 2. The third-order valence-corrected chi connectivity index (χ3v) is 8.88. The highest BCUT2D eigenvalue weighted by atomic mass is 35.5. The third-order valence-electron chi connectivity index (χ3n) is 6.77. The van der Waals surface area contributed by atoms with Gasteiger partial charge in [0, 0.05) is 46.3 Å². The van der Waals surface area contributed by atoms with Gasteiger partial charge >= 0.3 is 0 Å². The van der Waals surface area contributed by atoms with Gasteiger partial charge in [-0.1, -0.05) is 11.6 Å². The van der Waals surface area contributed by atoms with Crippen molar-refractivity contribution in [2.45, 2.75) is 36.7 Å². The summed E-state index contributed by atoms with van der Waals surface area (Å²) in [6, 6.07) is 7.78. The lowest BCUT2D eigenvalue weighted by Gasteiger charge is -2.41. The molecule has 2 N–H and O–H groups in total. The largest absolute Gasteiger partial charge is 0.497 e. The molecule has 33 heavy (non-hydrogen) atoms. The Kier molecular flexibility index (Phi) is 8.54. The van der Waals surface area contributed by atoms with Gasteiger partial charge in [0.1, 0.15) is 5.75 Å². The molecule has 0 unspecified atom stereocenters. The first-order valence-corrected chi connectivity index (χ1v) is 13.6. The Hall–Kier alpha value is -1.35. The molecule has 8 heteroatoms. The molecule has 0 saturated carbocycles. The molecular weight excluding hydrogens is 476 g/mol. The van der Waals surface area contributed by atoms with Crippen molar-refractivity contribution in [3.63, 3.8) is 0 Å². The van der Waals surface area contributed by atoms with Crippen LogP contribution in [0.4, 0.5) is 0 Å². The number of pyridine rings is 1. The summed E-state index contributed by atoms with van der Waals surface area (Å²) in [6.45, 7) is 3.18. The van der Waals surface area contributed by atoms with Gasteiger partial charge in [0.05, 0.1) is 23.8 Å². The van der Waals surface area contributed by atoms with E-state index in [1.54, 1.807) is 24.6 Å². The normalized spacial score (nSPS) is 17.3. The lowest BCUT2D eigenvalue weighted by Crippen LogP contribution is -2.43. The lowest BCUT2D eigenvalue weighted by atomic mass is 9.74. The number of aliphatic hydroxyl groups is 2. The van der Waals surface area contributed by atoms with E-state index in [-0.39, 0.29) is 12.0 Å². The van der Waals surface area contributed by atoms with Crippen LogP contribution in [0.15, 0.2) is 46.1 Å². The van der Waals surface area contributed by atoms with Crippen LogP contribution in [-0.2, 0) is 0 Å². The topological polar surface area (TPSA) is 65.8 Å². The average molecular weight is 507 g/mol. The molecular formula is C25H31ClN2O3S2. The number of benzene rings is 1. The number of thiophene rings is 1. The first-order valence-electron chi connectivity index (χ1n) is 11.3. The Labute approximate surface area is 208 Å². The zero-order chi connectivity index (χ0) is 23.3. The van der Waals surface area contributed by atoms with Crippen LogP contribution in [0.2, 0.25) is 5.02 Å². The van der Waals surface area contributed by atoms with E-state index >= 15 is 0 Å². The maximum atomic E-state index is 11.1. The van der Waals surface area contributed by atoms with E-state index in [4.69, 9.17) is 16.3 Å². The van der Waals surface area contributed by atoms with E-state index in [0.29, 0.717) is 22.8 Å². The van der Waals surface area contributed by atoms with Crippen LogP contribution in [0, 0.1) is 5.41 Å². The highest BCUT2D eigenvalue weighted by Gasteiger charge is 2.34. The third kappa shape index (κ3) is 6.02. The molecule has 4 rings (SSSR count). The Bertz CT molecular complexity index is 1040. The standard InChI is InChI=1S/C25H31ClN2O3S2/c1-31-18-2-3-22-20(14-18)24(21(26)15-27-22)23(30)4-6-25(17-29)7-9-28(10-8-25)11-13-33-19-5-12-32-16-19/h2-3,5,12,14-16,23,29-30H,4,6-11,13,17H2,1H3/t23-/m0/s1. The van der Waals surface area contributed by atoms with Gasteiger partial charge in [-0.05, 0) is 73.8 Å². The van der Waals surface area contributed by atoms with Crippen LogP contribution in [0.3, 0.4) is 0 Å². The van der Waals surface area contributed by atoms with E-state index in [9.17, 15) is 10.2 Å². The molecule has 2 aromatic heterocycles. The summed E-state index contributed by atoms with van der Waals surface area (Å²) in [5.74, 6) is 1.79. The summed E-state index contributed by atoms with van der Waals surface area (Å²) in [6.07, 6.45) is 4.06. The molecule has 0 amide bonds. The zero-order valence-corrected chi connectivity index (χ0v) is 21.3. The molecule has 1 saturated heterocycles. The van der Waals surface area contributed by atoms with Gasteiger partial charge in [0.25, 0.3) is 0 Å². The Balaban J connectivity index is 1.35. The number of methoxy groups -OCH3 is 1. The number of hydrogen-bond acceptors (Lipinski definition) is 7. The molecule has 0 aliphatic carbocycles. The number of fused-ring (bicyclic) bond motifs is 1. The Morgan fingerprint density at radius 1 is 1.30 bits per heavy atom. The number of ether oxygens (including phenoxy) is 1. The van der Waals surface area contributed by atoms with Crippen molar-refractivity contribution in [3.8, 4) is 5.75 Å². The van der Waals surface area contributed by atoms with E-state index < -0.39 is 6.10 Å². The predicted octanol–water partition coefficient (Wildman–Crippen LogP) is 5.64. The maximum Gasteiger partial charge on any atom is 0.119 e. The van der Waals surface area contributed by atoms with E-state index in [1.807, 2.05) is 30.0 Å². The lowest BCUT2D eigenvalue weighted by molar-refractivity contribution is 0.0254. The molecule has 1 aliphatic heterocycles. The molecule has 0 bridgehead atoms. The molecule has 0 spiro atoms. The molecule has 3 aromatic rings. The Morgan fingerprint density at radius 3 is 2.82 bits per heavy atom. The molecule has 1 aliphatic rings. The minimum absolute atomic E-state index is 0.148. The highest BCUT2D eigenvalue weighted by molar-refractivity contribution is 7.99. The number of aliphatic hydroxyl groups excluding tert-OH is 2. The first-order chi connectivity index (χ1) is 16.0. The van der Waals surface area contributed by atoms with Gasteiger partial charge in [-0.2, -0.15) is 11.3 Å². The maximum absolute atomic E-state index is 11.1. The van der Waals surface area contributed by atoms with Crippen LogP contribution >= 0.6 is 34.7 Å². The van der Waals surface area contributed by atoms with E-state index in [1.165, 1.54) is 4.90 Å². The summed E-state index contributed by atoms with van der Waals surface area (Å²) in [5, 5.41) is 26.9. The first kappa shape index (κ1) is 24.8. The predicted molar refractivity (Wildman–Crippen MR) is 138 cm³/mol. The summed E-state index contributed by atoms with van der Waals surface area (Å²) < 4.78 is 5.35. The minimum Gasteiger partial charge on any atom is -0.497 e. The summed E-state index contributed by atoms with van der Waals surface area (Å²) >= 11 is 10.1. The summed E-state index contributed by atoms with van der Waals surface area (Å²) in [7, 11) is 1.62. The molecule has 1 aromatic carbocycles. The number of halogens is 1. The van der Waals surface area contributed by atoms with Gasteiger partial charge in [0.15, 0.2) is 0 Å². The minimum atomic E-state index is -0.724. The quantitative estimate of drug-likeness (QED) is 0.347. The van der Waals surface area contributed by atoms with Gasteiger partial charge in [-0.25, -0.2) is 0 Å². The monoisotopic (exact) mass is 506 g/mol. The molecule has 3 heterocycles. The molecule has 1 atom stereocenters. The van der Waals surface area contributed by atoms with Crippen molar-refractivity contribution >= 4 is 45.6 Å².